The van der Waals surface area contributed by atoms with Gasteiger partial charge in [0.1, 0.15) is 0 Å². The number of carbonyl (C=O) groups excluding carboxylic acids is 2. The Morgan fingerprint density at radius 2 is 1.83 bits per heavy atom. The molecule has 5 heteroatoms. The monoisotopic (exact) mass is 330 g/mol. The van der Waals surface area contributed by atoms with Crippen LogP contribution in [0, 0.1) is 6.92 Å². The molecular formula is C18H19ClN2O2. The maximum Gasteiger partial charge on any atom is 0.251 e. The molecule has 0 saturated carbocycles. The Morgan fingerprint density at radius 1 is 1.13 bits per heavy atom. The zero-order valence-electron chi connectivity index (χ0n) is 13.2. The molecule has 0 saturated heterocycles. The molecular weight excluding hydrogens is 312 g/mol. The van der Waals surface area contributed by atoms with Crippen molar-refractivity contribution < 1.29 is 9.59 Å². The third-order valence-corrected chi connectivity index (χ3v) is 3.73. The van der Waals surface area contributed by atoms with Crippen molar-refractivity contribution in [2.45, 2.75) is 13.8 Å². The summed E-state index contributed by atoms with van der Waals surface area (Å²) in [7, 11) is 0. The van der Waals surface area contributed by atoms with Gasteiger partial charge in [-0.2, -0.15) is 0 Å². The van der Waals surface area contributed by atoms with Crippen molar-refractivity contribution >= 4 is 29.1 Å². The van der Waals surface area contributed by atoms with E-state index in [1.165, 1.54) is 6.92 Å². The summed E-state index contributed by atoms with van der Waals surface area (Å²) in [5.74, 6) is -0.249. The molecule has 0 aliphatic carbocycles. The maximum absolute atomic E-state index is 12.0. The molecule has 2 aromatic carbocycles. The highest BCUT2D eigenvalue weighted by Crippen LogP contribution is 2.24. The summed E-state index contributed by atoms with van der Waals surface area (Å²) in [4.78, 5) is 25.6. The van der Waals surface area contributed by atoms with Gasteiger partial charge in [0.2, 0.25) is 5.91 Å². The number of carbonyl (C=O) groups is 2. The van der Waals surface area contributed by atoms with Crippen molar-refractivity contribution in [2.75, 3.05) is 18.0 Å². The van der Waals surface area contributed by atoms with Crippen LogP contribution in [0.5, 0.6) is 0 Å². The lowest BCUT2D eigenvalue weighted by Gasteiger charge is -2.23. The Hall–Kier alpha value is -2.33. The summed E-state index contributed by atoms with van der Waals surface area (Å²) in [6, 6.07) is 14.4. The summed E-state index contributed by atoms with van der Waals surface area (Å²) >= 11 is 6.02. The van der Waals surface area contributed by atoms with Gasteiger partial charge < -0.3 is 10.2 Å². The topological polar surface area (TPSA) is 49.4 Å². The molecule has 0 radical (unpaired) electrons. The lowest BCUT2D eigenvalue weighted by atomic mass is 10.1. The van der Waals surface area contributed by atoms with E-state index in [0.717, 1.165) is 11.3 Å². The highest BCUT2D eigenvalue weighted by atomic mass is 35.5. The largest absolute Gasteiger partial charge is 0.350 e. The maximum atomic E-state index is 12.0. The number of halogens is 1. The summed E-state index contributed by atoms with van der Waals surface area (Å²) < 4.78 is 0. The van der Waals surface area contributed by atoms with Gasteiger partial charge in [0.25, 0.3) is 5.91 Å². The van der Waals surface area contributed by atoms with Gasteiger partial charge in [-0.15, -0.1) is 0 Å². The number of amides is 2. The van der Waals surface area contributed by atoms with Gasteiger partial charge in [0.05, 0.1) is 0 Å². The van der Waals surface area contributed by atoms with Gasteiger partial charge >= 0.3 is 0 Å². The number of hydrogen-bond acceptors (Lipinski definition) is 2. The van der Waals surface area contributed by atoms with Gasteiger partial charge in [0, 0.05) is 36.3 Å². The third kappa shape index (κ3) is 4.57. The average molecular weight is 331 g/mol. The van der Waals surface area contributed by atoms with E-state index >= 15 is 0 Å². The van der Waals surface area contributed by atoms with Crippen LogP contribution in [0.15, 0.2) is 48.5 Å². The van der Waals surface area contributed by atoms with Crippen LogP contribution in [0.2, 0.25) is 5.02 Å². The molecule has 120 valence electrons. The van der Waals surface area contributed by atoms with Crippen molar-refractivity contribution in [2.24, 2.45) is 0 Å². The van der Waals surface area contributed by atoms with Gasteiger partial charge in [-0.3, -0.25) is 9.59 Å². The molecule has 0 heterocycles. The number of rotatable bonds is 5. The number of nitrogens with zero attached hydrogens (tertiary/aromatic N) is 1. The highest BCUT2D eigenvalue weighted by molar-refractivity contribution is 6.31. The van der Waals surface area contributed by atoms with Crippen molar-refractivity contribution in [3.63, 3.8) is 0 Å². The zero-order valence-corrected chi connectivity index (χ0v) is 13.9. The standard InChI is InChI=1S/C18H19ClN2O2/c1-13-8-9-16(19)12-17(13)21(14(2)22)11-10-20-18(23)15-6-4-3-5-7-15/h3-9,12H,10-11H2,1-2H3,(H,20,23). The summed E-state index contributed by atoms with van der Waals surface area (Å²) in [5, 5.41) is 3.40. The quantitative estimate of drug-likeness (QED) is 0.913. The fourth-order valence-electron chi connectivity index (χ4n) is 2.29. The molecule has 2 aromatic rings. The summed E-state index contributed by atoms with van der Waals surface area (Å²) in [5.41, 5.74) is 2.32. The summed E-state index contributed by atoms with van der Waals surface area (Å²) in [6.45, 7) is 4.16. The fourth-order valence-corrected chi connectivity index (χ4v) is 2.46. The smallest absolute Gasteiger partial charge is 0.251 e. The second kappa shape index (κ2) is 7.79. The first-order valence-corrected chi connectivity index (χ1v) is 7.74. The number of aryl methyl sites for hydroxylation is 1. The van der Waals surface area contributed by atoms with E-state index in [2.05, 4.69) is 5.32 Å². The molecule has 0 bridgehead atoms. The van der Waals surface area contributed by atoms with E-state index in [-0.39, 0.29) is 11.8 Å². The van der Waals surface area contributed by atoms with Crippen LogP contribution < -0.4 is 10.2 Å². The Balaban J connectivity index is 2.02. The molecule has 0 spiro atoms. The fraction of sp³-hybridized carbons (Fsp3) is 0.222. The van der Waals surface area contributed by atoms with E-state index in [1.54, 1.807) is 29.2 Å². The molecule has 2 amide bonds. The van der Waals surface area contributed by atoms with Crippen LogP contribution in [0.1, 0.15) is 22.8 Å². The number of hydrogen-bond donors (Lipinski definition) is 1. The first-order valence-electron chi connectivity index (χ1n) is 7.36. The highest BCUT2D eigenvalue weighted by Gasteiger charge is 2.14. The van der Waals surface area contributed by atoms with Gasteiger partial charge in [-0.25, -0.2) is 0 Å². The SMILES string of the molecule is CC(=O)N(CCNC(=O)c1ccccc1)c1cc(Cl)ccc1C. The molecule has 1 N–H and O–H groups in total. The molecule has 0 atom stereocenters. The van der Waals surface area contributed by atoms with Gasteiger partial charge in [-0.05, 0) is 36.8 Å². The van der Waals surface area contributed by atoms with Crippen LogP contribution in [0.25, 0.3) is 0 Å². The minimum Gasteiger partial charge on any atom is -0.350 e. The van der Waals surface area contributed by atoms with Crippen molar-refractivity contribution in [1.82, 2.24) is 5.32 Å². The number of anilines is 1. The molecule has 0 fully saturated rings. The van der Waals surface area contributed by atoms with Crippen LogP contribution in [-0.2, 0) is 4.79 Å². The Kier molecular flexibility index (Phi) is 5.77. The lowest BCUT2D eigenvalue weighted by molar-refractivity contribution is -0.116. The van der Waals surface area contributed by atoms with Crippen LogP contribution in [0.4, 0.5) is 5.69 Å². The van der Waals surface area contributed by atoms with E-state index in [4.69, 9.17) is 11.6 Å². The van der Waals surface area contributed by atoms with E-state index in [0.29, 0.717) is 23.7 Å². The molecule has 23 heavy (non-hydrogen) atoms. The molecule has 0 aliphatic rings. The van der Waals surface area contributed by atoms with Gasteiger partial charge in [-0.1, -0.05) is 35.9 Å². The van der Waals surface area contributed by atoms with E-state index in [9.17, 15) is 9.59 Å². The minimum atomic E-state index is -0.156. The van der Waals surface area contributed by atoms with E-state index < -0.39 is 0 Å². The second-order valence-electron chi connectivity index (χ2n) is 5.22. The van der Waals surface area contributed by atoms with Crippen LogP contribution in [-0.4, -0.2) is 24.9 Å². The first kappa shape index (κ1) is 17.0. The zero-order chi connectivity index (χ0) is 16.8. The first-order chi connectivity index (χ1) is 11.0. The van der Waals surface area contributed by atoms with Crippen molar-refractivity contribution in [3.8, 4) is 0 Å². The second-order valence-corrected chi connectivity index (χ2v) is 5.66. The van der Waals surface area contributed by atoms with Crippen molar-refractivity contribution in [1.29, 1.82) is 0 Å². The number of benzene rings is 2. The average Bonchev–Trinajstić information content (AvgIpc) is 2.54. The molecule has 2 rings (SSSR count). The summed E-state index contributed by atoms with van der Waals surface area (Å²) in [6.07, 6.45) is 0. The van der Waals surface area contributed by atoms with Crippen LogP contribution in [0.3, 0.4) is 0 Å². The normalized spacial score (nSPS) is 10.2. The lowest BCUT2D eigenvalue weighted by Crippen LogP contribution is -2.37. The molecule has 4 nitrogen and oxygen atoms in total. The molecule has 0 aromatic heterocycles. The van der Waals surface area contributed by atoms with Crippen LogP contribution >= 0.6 is 11.6 Å². The predicted octanol–water partition coefficient (Wildman–Crippen LogP) is 3.43. The number of nitrogens with one attached hydrogen (secondary N) is 1. The van der Waals surface area contributed by atoms with Gasteiger partial charge in [0.15, 0.2) is 0 Å². The Labute approximate surface area is 141 Å². The Bertz CT molecular complexity index is 701. The van der Waals surface area contributed by atoms with E-state index in [1.807, 2.05) is 31.2 Å². The molecule has 0 aliphatic heterocycles. The Morgan fingerprint density at radius 3 is 2.48 bits per heavy atom. The van der Waals surface area contributed by atoms with Crippen molar-refractivity contribution in [3.05, 3.63) is 64.7 Å². The molecule has 0 unspecified atom stereocenters. The predicted molar refractivity (Wildman–Crippen MR) is 93.0 cm³/mol. The third-order valence-electron chi connectivity index (χ3n) is 3.50. The minimum absolute atomic E-state index is 0.0932.